The number of amides is 1. The van der Waals surface area contributed by atoms with Crippen LogP contribution >= 0.6 is 15.9 Å². The third-order valence-electron chi connectivity index (χ3n) is 2.23. The van der Waals surface area contributed by atoms with Gasteiger partial charge in [0.25, 0.3) is 11.7 Å². The van der Waals surface area contributed by atoms with Crippen molar-refractivity contribution in [2.75, 3.05) is 6.54 Å². The van der Waals surface area contributed by atoms with Crippen LogP contribution in [0.2, 0.25) is 0 Å². The summed E-state index contributed by atoms with van der Waals surface area (Å²) in [7, 11) is 0. The lowest BCUT2D eigenvalue weighted by molar-refractivity contribution is 0.0956. The van der Waals surface area contributed by atoms with Crippen molar-refractivity contribution >= 4 is 27.6 Å². The van der Waals surface area contributed by atoms with Crippen molar-refractivity contribution in [3.05, 3.63) is 34.8 Å². The highest BCUT2D eigenvalue weighted by atomic mass is 79.9. The van der Waals surface area contributed by atoms with Crippen molar-refractivity contribution in [2.24, 2.45) is 0 Å². The number of nitrogens with one attached hydrogen (secondary N) is 1. The van der Waals surface area contributed by atoms with E-state index >= 15 is 0 Å². The number of carbonyl (C=O) groups excluding carboxylic acids is 1. The minimum atomic E-state index is -0.215. The number of rotatable bonds is 3. The van der Waals surface area contributed by atoms with Crippen LogP contribution in [0.4, 0.5) is 0 Å². The van der Waals surface area contributed by atoms with Gasteiger partial charge in [-0.2, -0.15) is 10.1 Å². The quantitative estimate of drug-likeness (QED) is 0.919. The van der Waals surface area contributed by atoms with E-state index in [0.29, 0.717) is 28.1 Å². The largest absolute Gasteiger partial charge is 0.347 e. The number of hydrogen-bond acceptors (Lipinski definition) is 4. The summed E-state index contributed by atoms with van der Waals surface area (Å²) in [5.41, 5.74) is 1.17. The lowest BCUT2D eigenvalue weighted by Gasteiger charge is -2.07. The Morgan fingerprint density at radius 3 is 3.06 bits per heavy atom. The SMILES string of the molecule is C=C(Br)CNC(=O)c1cnc2ncnn2c1C. The maximum absolute atomic E-state index is 11.9. The summed E-state index contributed by atoms with van der Waals surface area (Å²) >= 11 is 3.18. The average Bonchev–Trinajstić information content (AvgIpc) is 2.75. The maximum atomic E-state index is 11.9. The van der Waals surface area contributed by atoms with Crippen LogP contribution in [0, 0.1) is 6.92 Å². The van der Waals surface area contributed by atoms with Gasteiger partial charge in [0.2, 0.25) is 0 Å². The van der Waals surface area contributed by atoms with E-state index in [0.717, 1.165) is 0 Å². The molecule has 0 fully saturated rings. The van der Waals surface area contributed by atoms with Crippen LogP contribution in [-0.4, -0.2) is 32.0 Å². The summed E-state index contributed by atoms with van der Waals surface area (Å²) in [4.78, 5) is 19.8. The van der Waals surface area contributed by atoms with Gasteiger partial charge < -0.3 is 5.32 Å². The van der Waals surface area contributed by atoms with Gasteiger partial charge in [-0.25, -0.2) is 9.50 Å². The third kappa shape index (κ3) is 2.33. The number of halogens is 1. The van der Waals surface area contributed by atoms with Gasteiger partial charge in [-0.3, -0.25) is 4.79 Å². The summed E-state index contributed by atoms with van der Waals surface area (Å²) in [5, 5.41) is 6.70. The molecule has 0 atom stereocenters. The Kier molecular flexibility index (Phi) is 3.19. The number of aryl methyl sites for hydroxylation is 1. The zero-order chi connectivity index (χ0) is 12.4. The van der Waals surface area contributed by atoms with E-state index < -0.39 is 0 Å². The Balaban J connectivity index is 2.31. The number of fused-ring (bicyclic) bond motifs is 1. The molecule has 0 saturated carbocycles. The molecule has 7 heteroatoms. The molecule has 1 N–H and O–H groups in total. The first-order valence-corrected chi connectivity index (χ1v) is 5.65. The van der Waals surface area contributed by atoms with E-state index in [9.17, 15) is 4.79 Å². The zero-order valence-corrected chi connectivity index (χ0v) is 10.7. The number of hydrogen-bond donors (Lipinski definition) is 1. The molecule has 2 heterocycles. The molecule has 0 aliphatic heterocycles. The molecular weight excluding hydrogens is 286 g/mol. The highest BCUT2D eigenvalue weighted by Gasteiger charge is 2.13. The van der Waals surface area contributed by atoms with Crippen molar-refractivity contribution in [2.45, 2.75) is 6.92 Å². The van der Waals surface area contributed by atoms with Crippen molar-refractivity contribution in [1.29, 1.82) is 0 Å². The Hall–Kier alpha value is -1.76. The topological polar surface area (TPSA) is 72.2 Å². The Morgan fingerprint density at radius 1 is 1.59 bits per heavy atom. The van der Waals surface area contributed by atoms with Crippen molar-refractivity contribution in [1.82, 2.24) is 24.9 Å². The second-order valence-electron chi connectivity index (χ2n) is 3.43. The first-order chi connectivity index (χ1) is 8.09. The monoisotopic (exact) mass is 295 g/mol. The molecule has 1 amide bonds. The maximum Gasteiger partial charge on any atom is 0.254 e. The van der Waals surface area contributed by atoms with E-state index in [4.69, 9.17) is 0 Å². The minimum Gasteiger partial charge on any atom is -0.347 e. The summed E-state index contributed by atoms with van der Waals surface area (Å²) in [6.45, 7) is 5.81. The Labute approximate surface area is 106 Å². The molecule has 0 radical (unpaired) electrons. The van der Waals surface area contributed by atoms with Crippen LogP contribution in [-0.2, 0) is 0 Å². The minimum absolute atomic E-state index is 0.215. The van der Waals surface area contributed by atoms with Gasteiger partial charge in [-0.15, -0.1) is 0 Å². The standard InChI is InChI=1S/C10H10BrN5O/c1-6(11)3-12-9(17)8-4-13-10-14-5-15-16(10)7(8)2/h4-5H,1,3H2,2H3,(H,12,17). The van der Waals surface area contributed by atoms with Crippen LogP contribution in [0.5, 0.6) is 0 Å². The van der Waals surface area contributed by atoms with Gasteiger partial charge in [-0.1, -0.05) is 22.5 Å². The van der Waals surface area contributed by atoms with E-state index in [1.807, 2.05) is 0 Å². The summed E-state index contributed by atoms with van der Waals surface area (Å²) in [6.07, 6.45) is 2.89. The summed E-state index contributed by atoms with van der Waals surface area (Å²) in [5.74, 6) is 0.261. The second-order valence-corrected chi connectivity index (χ2v) is 4.55. The van der Waals surface area contributed by atoms with Crippen LogP contribution in [0.1, 0.15) is 16.1 Å². The molecule has 2 rings (SSSR count). The van der Waals surface area contributed by atoms with Crippen LogP contribution < -0.4 is 5.32 Å². The molecule has 88 valence electrons. The zero-order valence-electron chi connectivity index (χ0n) is 9.14. The molecule has 0 aliphatic rings. The fourth-order valence-electron chi connectivity index (χ4n) is 1.38. The second kappa shape index (κ2) is 4.62. The van der Waals surface area contributed by atoms with Gasteiger partial charge in [0, 0.05) is 17.2 Å². The molecule has 0 unspecified atom stereocenters. The molecule has 0 bridgehead atoms. The molecule has 0 spiro atoms. The molecule has 0 aromatic carbocycles. The molecule has 6 nitrogen and oxygen atoms in total. The van der Waals surface area contributed by atoms with Crippen LogP contribution in [0.3, 0.4) is 0 Å². The highest BCUT2D eigenvalue weighted by Crippen LogP contribution is 2.07. The fraction of sp³-hybridized carbons (Fsp3) is 0.200. The molecule has 2 aromatic rings. The number of carbonyl (C=O) groups is 1. The van der Waals surface area contributed by atoms with Gasteiger partial charge in [-0.05, 0) is 6.92 Å². The average molecular weight is 296 g/mol. The molecular formula is C10H10BrN5O. The predicted octanol–water partition coefficient (Wildman–Crippen LogP) is 1.07. The van der Waals surface area contributed by atoms with Gasteiger partial charge in [0.15, 0.2) is 0 Å². The number of nitrogens with zero attached hydrogens (tertiary/aromatic N) is 4. The van der Waals surface area contributed by atoms with Gasteiger partial charge in [0.05, 0.1) is 11.3 Å². The van der Waals surface area contributed by atoms with Crippen molar-refractivity contribution < 1.29 is 4.79 Å². The highest BCUT2D eigenvalue weighted by molar-refractivity contribution is 9.11. The summed E-state index contributed by atoms with van der Waals surface area (Å²) < 4.78 is 2.23. The van der Waals surface area contributed by atoms with E-state index in [1.54, 1.807) is 6.92 Å². The van der Waals surface area contributed by atoms with Crippen LogP contribution in [0.15, 0.2) is 23.6 Å². The summed E-state index contributed by atoms with van der Waals surface area (Å²) in [6, 6.07) is 0. The first kappa shape index (κ1) is 11.7. The van der Waals surface area contributed by atoms with Crippen molar-refractivity contribution in [3.63, 3.8) is 0 Å². The lowest BCUT2D eigenvalue weighted by Crippen LogP contribution is -2.26. The van der Waals surface area contributed by atoms with Crippen LogP contribution in [0.25, 0.3) is 5.78 Å². The lowest BCUT2D eigenvalue weighted by atomic mass is 10.2. The third-order valence-corrected chi connectivity index (χ3v) is 2.51. The molecule has 0 aliphatic carbocycles. The Bertz CT molecular complexity index is 591. The van der Waals surface area contributed by atoms with E-state index in [2.05, 4.69) is 42.9 Å². The number of aromatic nitrogens is 4. The van der Waals surface area contributed by atoms with E-state index in [1.165, 1.54) is 17.0 Å². The van der Waals surface area contributed by atoms with E-state index in [-0.39, 0.29) is 5.91 Å². The fourth-order valence-corrected chi connectivity index (χ4v) is 1.52. The van der Waals surface area contributed by atoms with Gasteiger partial charge >= 0.3 is 0 Å². The smallest absolute Gasteiger partial charge is 0.254 e. The molecule has 0 saturated heterocycles. The predicted molar refractivity (Wildman–Crippen MR) is 65.9 cm³/mol. The van der Waals surface area contributed by atoms with Gasteiger partial charge in [0.1, 0.15) is 6.33 Å². The molecule has 17 heavy (non-hydrogen) atoms. The normalized spacial score (nSPS) is 10.5. The first-order valence-electron chi connectivity index (χ1n) is 4.86. The Morgan fingerprint density at radius 2 is 2.35 bits per heavy atom. The van der Waals surface area contributed by atoms with Crippen molar-refractivity contribution in [3.8, 4) is 0 Å². The molecule has 2 aromatic heterocycles.